The first-order valence-corrected chi connectivity index (χ1v) is 13.8. The molecule has 6 nitrogen and oxygen atoms in total. The second kappa shape index (κ2) is 11.0. The first-order chi connectivity index (χ1) is 19.2. The standard InChI is InChI=1S/C33H34N6/c34-32-36(28-18-8-10-20-30(28)38(32)24-26-14-4-1-5-15-26)22-12-3-13-23-37-29-19-9-11-21-31(29)39(33(37)35)25-27-16-6-2-7-17-27/h1-2,4-11,14-21,34-35H,3,12-13,22-25H2/p+2. The van der Waals surface area contributed by atoms with Gasteiger partial charge in [-0.25, -0.2) is 18.3 Å². The molecule has 0 saturated carbocycles. The number of hydrogen-bond acceptors (Lipinski definition) is 2. The van der Waals surface area contributed by atoms with Crippen molar-refractivity contribution < 1.29 is 9.13 Å². The first-order valence-electron chi connectivity index (χ1n) is 13.8. The Balaban J connectivity index is 1.15. The topological polar surface area (TPSA) is 69.7 Å². The van der Waals surface area contributed by atoms with Crippen LogP contribution in [0.2, 0.25) is 0 Å². The van der Waals surface area contributed by atoms with E-state index in [2.05, 4.69) is 115 Å². The average molecular weight is 517 g/mol. The third-order valence-electron chi connectivity index (χ3n) is 7.66. The maximum absolute atomic E-state index is 6.72. The summed E-state index contributed by atoms with van der Waals surface area (Å²) in [5.41, 5.74) is 20.7. The number of benzene rings is 4. The molecule has 6 aromatic rings. The second-order valence-electron chi connectivity index (χ2n) is 10.2. The highest BCUT2D eigenvalue weighted by Gasteiger charge is 2.22. The molecule has 0 saturated heterocycles. The summed E-state index contributed by atoms with van der Waals surface area (Å²) >= 11 is 0. The van der Waals surface area contributed by atoms with Gasteiger partial charge in [0.1, 0.15) is 22.1 Å². The number of anilines is 2. The molecule has 0 bridgehead atoms. The SMILES string of the molecule is Nc1n(CCCCCn2c(N)[n+](Cc3ccccc3)c3ccccc32)c2ccccc2[n+]1Cc1ccccc1. The Labute approximate surface area is 229 Å². The highest BCUT2D eigenvalue weighted by atomic mass is 15.2. The van der Waals surface area contributed by atoms with Crippen molar-refractivity contribution in [3.63, 3.8) is 0 Å². The van der Waals surface area contributed by atoms with Crippen molar-refractivity contribution in [2.45, 2.75) is 45.4 Å². The predicted octanol–water partition coefficient (Wildman–Crippen LogP) is 5.30. The fraction of sp³-hybridized carbons (Fsp3) is 0.212. The number of hydrogen-bond donors (Lipinski definition) is 2. The molecule has 4 N–H and O–H groups in total. The minimum absolute atomic E-state index is 0.767. The molecule has 2 heterocycles. The normalized spacial score (nSPS) is 11.5. The van der Waals surface area contributed by atoms with Gasteiger partial charge in [0.15, 0.2) is 0 Å². The van der Waals surface area contributed by atoms with Gasteiger partial charge in [-0.3, -0.25) is 11.5 Å². The smallest absolute Gasteiger partial charge is 0.290 e. The Morgan fingerprint density at radius 3 is 1.28 bits per heavy atom. The molecule has 0 atom stereocenters. The van der Waals surface area contributed by atoms with Crippen LogP contribution in [0.25, 0.3) is 22.1 Å². The van der Waals surface area contributed by atoms with Crippen molar-refractivity contribution in [1.29, 1.82) is 0 Å². The Bertz CT molecular complexity index is 1570. The summed E-state index contributed by atoms with van der Waals surface area (Å²) < 4.78 is 8.99. The van der Waals surface area contributed by atoms with E-state index in [-0.39, 0.29) is 0 Å². The van der Waals surface area contributed by atoms with Gasteiger partial charge in [-0.05, 0) is 54.7 Å². The van der Waals surface area contributed by atoms with Crippen LogP contribution in [0.5, 0.6) is 0 Å². The van der Waals surface area contributed by atoms with Crippen LogP contribution >= 0.6 is 0 Å². The minimum atomic E-state index is 0.767. The van der Waals surface area contributed by atoms with Crippen molar-refractivity contribution in [2.75, 3.05) is 11.5 Å². The predicted molar refractivity (Wildman–Crippen MR) is 158 cm³/mol. The molecule has 2 aromatic heterocycles. The highest BCUT2D eigenvalue weighted by molar-refractivity contribution is 5.74. The fourth-order valence-corrected chi connectivity index (χ4v) is 5.68. The Kier molecular flexibility index (Phi) is 7.00. The van der Waals surface area contributed by atoms with Crippen LogP contribution in [-0.2, 0) is 26.2 Å². The summed E-state index contributed by atoms with van der Waals surface area (Å²) in [4.78, 5) is 0. The molecule has 6 heteroatoms. The van der Waals surface area contributed by atoms with E-state index in [0.717, 1.165) is 57.3 Å². The van der Waals surface area contributed by atoms with Crippen molar-refractivity contribution in [3.8, 4) is 0 Å². The van der Waals surface area contributed by atoms with E-state index in [1.807, 2.05) is 12.1 Å². The molecule has 39 heavy (non-hydrogen) atoms. The van der Waals surface area contributed by atoms with Crippen LogP contribution in [0.1, 0.15) is 30.4 Å². The van der Waals surface area contributed by atoms with Crippen LogP contribution in [0.3, 0.4) is 0 Å². The molecule has 0 fully saturated rings. The Morgan fingerprint density at radius 2 is 0.846 bits per heavy atom. The van der Waals surface area contributed by atoms with Gasteiger partial charge in [0.05, 0.1) is 26.2 Å². The largest absolute Gasteiger partial charge is 0.356 e. The molecule has 0 unspecified atom stereocenters. The van der Waals surface area contributed by atoms with E-state index in [9.17, 15) is 0 Å². The van der Waals surface area contributed by atoms with Gasteiger partial charge in [-0.1, -0.05) is 84.9 Å². The van der Waals surface area contributed by atoms with Crippen molar-refractivity contribution in [3.05, 3.63) is 120 Å². The van der Waals surface area contributed by atoms with Gasteiger partial charge in [0.2, 0.25) is 0 Å². The monoisotopic (exact) mass is 516 g/mol. The molecule has 0 radical (unpaired) electrons. The van der Waals surface area contributed by atoms with Crippen molar-refractivity contribution in [1.82, 2.24) is 9.13 Å². The summed E-state index contributed by atoms with van der Waals surface area (Å²) in [6.45, 7) is 3.32. The second-order valence-corrected chi connectivity index (χ2v) is 10.2. The number of aromatic nitrogens is 4. The van der Waals surface area contributed by atoms with Crippen molar-refractivity contribution >= 4 is 34.0 Å². The maximum atomic E-state index is 6.72. The number of nitrogens with two attached hydrogens (primary N) is 2. The molecular formula is C33H36N6+2. The molecule has 0 aliphatic carbocycles. The third kappa shape index (κ3) is 4.98. The molecule has 6 rings (SSSR count). The number of imidazole rings is 2. The highest BCUT2D eigenvalue weighted by Crippen LogP contribution is 2.20. The van der Waals surface area contributed by atoms with E-state index in [1.54, 1.807) is 0 Å². The Hall–Kier alpha value is -4.58. The molecule has 0 amide bonds. The van der Waals surface area contributed by atoms with Crippen LogP contribution in [-0.4, -0.2) is 9.13 Å². The number of unbranched alkanes of at least 4 members (excludes halogenated alkanes) is 2. The number of nitrogens with zero attached hydrogens (tertiary/aromatic N) is 4. The van der Waals surface area contributed by atoms with Crippen LogP contribution < -0.4 is 20.6 Å². The summed E-state index contributed by atoms with van der Waals surface area (Å²) in [6.07, 6.45) is 3.20. The lowest BCUT2D eigenvalue weighted by Crippen LogP contribution is -2.37. The van der Waals surface area contributed by atoms with Gasteiger partial charge in [-0.15, -0.1) is 0 Å². The number of para-hydroxylation sites is 4. The fourth-order valence-electron chi connectivity index (χ4n) is 5.68. The third-order valence-corrected chi connectivity index (χ3v) is 7.66. The van der Waals surface area contributed by atoms with E-state index >= 15 is 0 Å². The van der Waals surface area contributed by atoms with Crippen molar-refractivity contribution in [2.24, 2.45) is 0 Å². The van der Waals surface area contributed by atoms with E-state index in [4.69, 9.17) is 11.5 Å². The summed E-state index contributed by atoms with van der Waals surface area (Å²) in [5, 5.41) is 0. The molecule has 4 aromatic carbocycles. The summed E-state index contributed by atoms with van der Waals surface area (Å²) in [5.74, 6) is 1.62. The number of fused-ring (bicyclic) bond motifs is 2. The molecular weight excluding hydrogens is 480 g/mol. The van der Waals surface area contributed by atoms with Gasteiger partial charge in [0, 0.05) is 0 Å². The van der Waals surface area contributed by atoms with E-state index in [0.29, 0.717) is 0 Å². The van der Waals surface area contributed by atoms with Gasteiger partial charge >= 0.3 is 11.9 Å². The zero-order valence-corrected chi connectivity index (χ0v) is 22.3. The van der Waals surface area contributed by atoms with Crippen LogP contribution in [0, 0.1) is 0 Å². The lowest BCUT2D eigenvalue weighted by Gasteiger charge is -2.05. The lowest BCUT2D eigenvalue weighted by atomic mass is 10.2. The average Bonchev–Trinajstić information content (AvgIpc) is 3.40. The number of aryl methyl sites for hydroxylation is 2. The van der Waals surface area contributed by atoms with Gasteiger partial charge < -0.3 is 0 Å². The number of nitrogen functional groups attached to an aromatic ring is 2. The Morgan fingerprint density at radius 1 is 0.462 bits per heavy atom. The lowest BCUT2D eigenvalue weighted by molar-refractivity contribution is -0.648. The molecule has 0 aliphatic rings. The zero-order chi connectivity index (χ0) is 26.6. The summed E-state index contributed by atoms with van der Waals surface area (Å²) in [6, 6.07) is 38.0. The van der Waals surface area contributed by atoms with Gasteiger partial charge in [0.25, 0.3) is 0 Å². The van der Waals surface area contributed by atoms with E-state index in [1.165, 1.54) is 33.2 Å². The molecule has 0 aliphatic heterocycles. The number of rotatable bonds is 10. The molecule has 0 spiro atoms. The minimum Gasteiger partial charge on any atom is -0.290 e. The molecule has 196 valence electrons. The first kappa shape index (κ1) is 24.7. The quantitative estimate of drug-likeness (QED) is 0.192. The van der Waals surface area contributed by atoms with Crippen LogP contribution in [0.4, 0.5) is 11.9 Å². The summed E-state index contributed by atoms with van der Waals surface area (Å²) in [7, 11) is 0. The zero-order valence-electron chi connectivity index (χ0n) is 22.3. The maximum Gasteiger partial charge on any atom is 0.356 e. The van der Waals surface area contributed by atoms with Crippen LogP contribution in [0.15, 0.2) is 109 Å². The van der Waals surface area contributed by atoms with E-state index < -0.39 is 0 Å². The van der Waals surface area contributed by atoms with Gasteiger partial charge in [-0.2, -0.15) is 0 Å².